The zero-order valence-corrected chi connectivity index (χ0v) is 15.2. The van der Waals surface area contributed by atoms with Gasteiger partial charge in [-0.05, 0) is 37.7 Å². The lowest BCUT2D eigenvalue weighted by Gasteiger charge is -2.29. The molecule has 1 saturated carbocycles. The summed E-state index contributed by atoms with van der Waals surface area (Å²) < 4.78 is 0. The van der Waals surface area contributed by atoms with Gasteiger partial charge in [0.15, 0.2) is 0 Å². The second-order valence-electron chi connectivity index (χ2n) is 7.23. The van der Waals surface area contributed by atoms with Gasteiger partial charge in [-0.25, -0.2) is 0 Å². The molecule has 0 bridgehead atoms. The third kappa shape index (κ3) is 5.42. The van der Waals surface area contributed by atoms with Crippen LogP contribution in [-0.4, -0.2) is 23.5 Å². The van der Waals surface area contributed by atoms with Gasteiger partial charge in [0.25, 0.3) is 0 Å². The maximum atomic E-state index is 12.6. The van der Waals surface area contributed by atoms with Crippen molar-refractivity contribution in [2.45, 2.75) is 70.9 Å². The third-order valence-electron chi connectivity index (χ3n) is 5.52. The topological polar surface area (TPSA) is 49.3 Å². The quantitative estimate of drug-likeness (QED) is 0.710. The van der Waals surface area contributed by atoms with E-state index in [9.17, 15) is 9.90 Å². The van der Waals surface area contributed by atoms with E-state index in [4.69, 9.17) is 0 Å². The Kier molecular flexibility index (Phi) is 7.93. The molecule has 0 radical (unpaired) electrons. The van der Waals surface area contributed by atoms with E-state index in [0.717, 1.165) is 12.0 Å². The molecular formula is C21H33NO2. The predicted molar refractivity (Wildman–Crippen MR) is 98.8 cm³/mol. The second kappa shape index (κ2) is 9.95. The van der Waals surface area contributed by atoms with Gasteiger partial charge in [0.1, 0.15) is 5.78 Å². The standard InChI is InChI=1S/C21H33NO2/c1-3-19(17-10-6-4-7-11-17)20(23)14-15-22-16(2)21(24)18-12-8-5-9-13-18/h5,8-9,12-13,16-17,19,21-22,24H,3-4,6-7,10-11,14-15H2,1-2H3. The van der Waals surface area contributed by atoms with Crippen molar-refractivity contribution in [3.05, 3.63) is 35.9 Å². The molecular weight excluding hydrogens is 298 g/mol. The molecule has 3 unspecified atom stereocenters. The number of Topliss-reactive ketones (excluding diaryl/α,β-unsaturated/α-hetero) is 1. The van der Waals surface area contributed by atoms with E-state index >= 15 is 0 Å². The predicted octanol–water partition coefficient (Wildman–Crippen LogP) is 4.26. The van der Waals surface area contributed by atoms with Gasteiger partial charge in [-0.15, -0.1) is 0 Å². The monoisotopic (exact) mass is 331 g/mol. The molecule has 0 aromatic heterocycles. The van der Waals surface area contributed by atoms with Gasteiger partial charge in [0.2, 0.25) is 0 Å². The van der Waals surface area contributed by atoms with Gasteiger partial charge in [-0.2, -0.15) is 0 Å². The molecule has 0 aliphatic heterocycles. The van der Waals surface area contributed by atoms with Crippen molar-refractivity contribution in [1.29, 1.82) is 0 Å². The van der Waals surface area contributed by atoms with Crippen LogP contribution in [0.1, 0.15) is 70.5 Å². The molecule has 1 aromatic carbocycles. The Morgan fingerprint density at radius 3 is 2.50 bits per heavy atom. The smallest absolute Gasteiger partial charge is 0.137 e. The lowest BCUT2D eigenvalue weighted by Crippen LogP contribution is -2.35. The Balaban J connectivity index is 1.76. The van der Waals surface area contributed by atoms with Crippen LogP contribution in [-0.2, 0) is 4.79 Å². The molecule has 3 heteroatoms. The molecule has 3 atom stereocenters. The van der Waals surface area contributed by atoms with E-state index in [0.29, 0.717) is 24.7 Å². The normalized spacial score (nSPS) is 19.6. The highest BCUT2D eigenvalue weighted by Crippen LogP contribution is 2.32. The van der Waals surface area contributed by atoms with Crippen molar-refractivity contribution in [2.75, 3.05) is 6.54 Å². The second-order valence-corrected chi connectivity index (χ2v) is 7.23. The fraction of sp³-hybridized carbons (Fsp3) is 0.667. The van der Waals surface area contributed by atoms with Gasteiger partial charge in [0, 0.05) is 24.9 Å². The average Bonchev–Trinajstić information content (AvgIpc) is 2.63. The number of aliphatic hydroxyl groups is 1. The summed E-state index contributed by atoms with van der Waals surface area (Å²) in [4.78, 5) is 12.6. The summed E-state index contributed by atoms with van der Waals surface area (Å²) in [6.07, 6.45) is 7.34. The minimum atomic E-state index is -0.540. The number of ketones is 1. The molecule has 0 heterocycles. The van der Waals surface area contributed by atoms with Crippen LogP contribution in [0, 0.1) is 11.8 Å². The number of nitrogens with one attached hydrogen (secondary N) is 1. The average molecular weight is 332 g/mol. The number of carbonyl (C=O) groups excluding carboxylic acids is 1. The van der Waals surface area contributed by atoms with Crippen LogP contribution in [0.4, 0.5) is 0 Å². The highest BCUT2D eigenvalue weighted by molar-refractivity contribution is 5.81. The van der Waals surface area contributed by atoms with Crippen molar-refractivity contribution in [3.63, 3.8) is 0 Å². The van der Waals surface area contributed by atoms with E-state index in [-0.39, 0.29) is 12.0 Å². The van der Waals surface area contributed by atoms with E-state index in [1.54, 1.807) is 0 Å². The number of rotatable bonds is 9. The molecule has 1 fully saturated rings. The number of benzene rings is 1. The van der Waals surface area contributed by atoms with Crippen LogP contribution in [0.15, 0.2) is 30.3 Å². The highest BCUT2D eigenvalue weighted by Gasteiger charge is 2.27. The maximum Gasteiger partial charge on any atom is 0.137 e. The van der Waals surface area contributed by atoms with Crippen LogP contribution in [0.2, 0.25) is 0 Å². The zero-order valence-electron chi connectivity index (χ0n) is 15.2. The summed E-state index contributed by atoms with van der Waals surface area (Å²) in [7, 11) is 0. The Morgan fingerprint density at radius 1 is 1.21 bits per heavy atom. The summed E-state index contributed by atoms with van der Waals surface area (Å²) in [5, 5.41) is 13.7. The van der Waals surface area contributed by atoms with Crippen LogP contribution >= 0.6 is 0 Å². The van der Waals surface area contributed by atoms with Crippen molar-refractivity contribution in [1.82, 2.24) is 5.32 Å². The Hall–Kier alpha value is -1.19. The molecule has 2 rings (SSSR count). The van der Waals surface area contributed by atoms with Gasteiger partial charge in [-0.3, -0.25) is 4.79 Å². The summed E-state index contributed by atoms with van der Waals surface area (Å²) in [6.45, 7) is 4.76. The Morgan fingerprint density at radius 2 is 1.88 bits per heavy atom. The largest absolute Gasteiger partial charge is 0.387 e. The van der Waals surface area contributed by atoms with Gasteiger partial charge in [-0.1, -0.05) is 56.5 Å². The van der Waals surface area contributed by atoms with Gasteiger partial charge >= 0.3 is 0 Å². The number of carbonyl (C=O) groups is 1. The number of hydrogen-bond acceptors (Lipinski definition) is 3. The molecule has 0 spiro atoms. The fourth-order valence-corrected chi connectivity index (χ4v) is 4.02. The molecule has 0 amide bonds. The first-order valence-electron chi connectivity index (χ1n) is 9.62. The van der Waals surface area contributed by atoms with E-state index < -0.39 is 6.10 Å². The third-order valence-corrected chi connectivity index (χ3v) is 5.52. The Labute approximate surface area is 146 Å². The summed E-state index contributed by atoms with van der Waals surface area (Å²) >= 11 is 0. The lowest BCUT2D eigenvalue weighted by atomic mass is 9.76. The highest BCUT2D eigenvalue weighted by atomic mass is 16.3. The van der Waals surface area contributed by atoms with Crippen molar-refractivity contribution < 1.29 is 9.90 Å². The number of aliphatic hydroxyl groups excluding tert-OH is 1. The van der Waals surface area contributed by atoms with E-state index in [2.05, 4.69) is 12.2 Å². The van der Waals surface area contributed by atoms with Gasteiger partial charge in [0.05, 0.1) is 6.10 Å². The van der Waals surface area contributed by atoms with Crippen LogP contribution in [0.25, 0.3) is 0 Å². The first-order chi connectivity index (χ1) is 11.6. The van der Waals surface area contributed by atoms with Crippen molar-refractivity contribution >= 4 is 5.78 Å². The minimum Gasteiger partial charge on any atom is -0.387 e. The molecule has 1 aromatic rings. The fourth-order valence-electron chi connectivity index (χ4n) is 4.02. The summed E-state index contributed by atoms with van der Waals surface area (Å²) in [6, 6.07) is 9.63. The molecule has 1 aliphatic rings. The van der Waals surface area contributed by atoms with Gasteiger partial charge < -0.3 is 10.4 Å². The van der Waals surface area contributed by atoms with Crippen molar-refractivity contribution in [2.24, 2.45) is 11.8 Å². The van der Waals surface area contributed by atoms with Crippen LogP contribution < -0.4 is 5.32 Å². The van der Waals surface area contributed by atoms with E-state index in [1.807, 2.05) is 37.3 Å². The zero-order chi connectivity index (χ0) is 17.4. The lowest BCUT2D eigenvalue weighted by molar-refractivity contribution is -0.125. The summed E-state index contributed by atoms with van der Waals surface area (Å²) in [5.41, 5.74) is 0.914. The first-order valence-corrected chi connectivity index (χ1v) is 9.62. The minimum absolute atomic E-state index is 0.0602. The van der Waals surface area contributed by atoms with Crippen LogP contribution in [0.3, 0.4) is 0 Å². The Bertz CT molecular complexity index is 482. The molecule has 134 valence electrons. The molecule has 1 aliphatic carbocycles. The molecule has 24 heavy (non-hydrogen) atoms. The first kappa shape index (κ1) is 19.1. The maximum absolute atomic E-state index is 12.6. The molecule has 2 N–H and O–H groups in total. The number of hydrogen-bond donors (Lipinski definition) is 2. The molecule has 3 nitrogen and oxygen atoms in total. The molecule has 0 saturated heterocycles. The van der Waals surface area contributed by atoms with Crippen molar-refractivity contribution in [3.8, 4) is 0 Å². The summed E-state index contributed by atoms with van der Waals surface area (Å²) in [5.74, 6) is 1.24. The van der Waals surface area contributed by atoms with E-state index in [1.165, 1.54) is 32.1 Å². The van der Waals surface area contributed by atoms with Crippen LogP contribution in [0.5, 0.6) is 0 Å². The SMILES string of the molecule is CCC(C(=O)CCNC(C)C(O)c1ccccc1)C1CCCCC1.